The van der Waals surface area contributed by atoms with Crippen LogP contribution < -0.4 is 16.0 Å². The number of hydrogen-bond donors (Lipinski definition) is 5. The Morgan fingerprint density at radius 2 is 1.72 bits per heavy atom. The first-order valence-electron chi connectivity index (χ1n) is 16.7. The molecule has 4 rings (SSSR count). The van der Waals surface area contributed by atoms with Gasteiger partial charge in [0.15, 0.2) is 0 Å². The zero-order chi connectivity index (χ0) is 33.8. The molecule has 47 heavy (non-hydrogen) atoms. The van der Waals surface area contributed by atoms with Gasteiger partial charge < -0.3 is 24.7 Å². The number of hydrogen-bond acceptors (Lipinski definition) is 9. The Bertz CT molecular complexity index is 1530. The Morgan fingerprint density at radius 3 is 2.43 bits per heavy atom. The van der Waals surface area contributed by atoms with Gasteiger partial charge in [0.1, 0.15) is 17.2 Å². The van der Waals surface area contributed by atoms with Gasteiger partial charge in [-0.1, -0.05) is 39.2 Å². The number of imidazole rings is 1. The van der Waals surface area contributed by atoms with Crippen molar-refractivity contribution in [3.63, 3.8) is 0 Å². The van der Waals surface area contributed by atoms with Gasteiger partial charge in [-0.15, -0.1) is 0 Å². The van der Waals surface area contributed by atoms with E-state index in [4.69, 9.17) is 19.9 Å². The number of alkyl carbamates (subject to hydrolysis) is 1. The van der Waals surface area contributed by atoms with Crippen LogP contribution in [-0.2, 0) is 31.1 Å². The molecule has 254 valence electrons. The highest BCUT2D eigenvalue weighted by atomic mass is 16.5. The highest BCUT2D eigenvalue weighted by Crippen LogP contribution is 2.32. The van der Waals surface area contributed by atoms with Gasteiger partial charge in [0.05, 0.1) is 37.3 Å². The summed E-state index contributed by atoms with van der Waals surface area (Å²) < 4.78 is 10.4. The minimum absolute atomic E-state index is 0.0266. The van der Waals surface area contributed by atoms with Crippen LogP contribution in [0.3, 0.4) is 0 Å². The van der Waals surface area contributed by atoms with E-state index in [2.05, 4.69) is 27.9 Å². The van der Waals surface area contributed by atoms with Crippen LogP contribution in [0.5, 0.6) is 0 Å². The number of amides is 2. The van der Waals surface area contributed by atoms with E-state index in [1.165, 1.54) is 0 Å². The van der Waals surface area contributed by atoms with Crippen LogP contribution in [-0.4, -0.2) is 71.5 Å². The summed E-state index contributed by atoms with van der Waals surface area (Å²) in [5, 5.41) is 17.3. The molecule has 1 fully saturated rings. The summed E-state index contributed by atoms with van der Waals surface area (Å²) in [5.41, 5.74) is 3.45. The minimum atomic E-state index is -1.14. The Balaban J connectivity index is 1.41. The van der Waals surface area contributed by atoms with Crippen LogP contribution in [0, 0.1) is 12.3 Å². The molecular weight excluding hydrogens is 598 g/mol. The van der Waals surface area contributed by atoms with Crippen molar-refractivity contribution in [2.24, 2.45) is 0 Å². The van der Waals surface area contributed by atoms with Gasteiger partial charge in [-0.2, -0.15) is 0 Å². The van der Waals surface area contributed by atoms with Crippen molar-refractivity contribution in [2.45, 2.75) is 84.7 Å². The van der Waals surface area contributed by atoms with Crippen molar-refractivity contribution in [3.8, 4) is 0 Å². The van der Waals surface area contributed by atoms with E-state index in [0.717, 1.165) is 72.8 Å². The number of likely N-dealkylation sites (tertiary alicyclic amines) is 1. The Kier molecular flexibility index (Phi) is 12.7. The number of nitrogens with zero attached hydrogens (tertiary/aromatic N) is 2. The molecule has 5 N–H and O–H groups in total. The number of H-pyrrole nitrogens is 1. The van der Waals surface area contributed by atoms with Gasteiger partial charge >= 0.3 is 12.1 Å². The summed E-state index contributed by atoms with van der Waals surface area (Å²) in [6.07, 6.45) is 6.08. The normalized spacial score (nSPS) is 14.1. The number of ether oxygens (including phenoxy) is 2. The standard InChI is InChI=1S/C35H49N7O5/c1-5-7-8-11-21-47-34(45)41-32(36)25-12-14-26(15-13-25)37-22-29-39-28-17-16-27(24(3)31(28)40-29)35(4,33(44)42-18-9-10-19-42)38-23-30(43)46-20-6-2/h12-17,37-38H,5-11,18-23H2,1-4H3,(H,39,40)(H2,36,41,45)/t35-/m1/s1. The average Bonchev–Trinajstić information content (AvgIpc) is 3.76. The number of rotatable bonds is 16. The molecule has 0 aliphatic carbocycles. The van der Waals surface area contributed by atoms with E-state index in [-0.39, 0.29) is 18.3 Å². The summed E-state index contributed by atoms with van der Waals surface area (Å²) in [6.45, 7) is 10.2. The highest BCUT2D eigenvalue weighted by Gasteiger charge is 2.41. The molecule has 0 spiro atoms. The molecule has 0 saturated carbocycles. The monoisotopic (exact) mass is 647 g/mol. The molecule has 2 heterocycles. The lowest BCUT2D eigenvalue weighted by molar-refractivity contribution is -0.144. The molecule has 2 aromatic carbocycles. The zero-order valence-electron chi connectivity index (χ0n) is 28.1. The lowest BCUT2D eigenvalue weighted by Crippen LogP contribution is -2.54. The second-order valence-electron chi connectivity index (χ2n) is 12.1. The summed E-state index contributed by atoms with van der Waals surface area (Å²) >= 11 is 0. The molecule has 12 heteroatoms. The largest absolute Gasteiger partial charge is 0.465 e. The zero-order valence-corrected chi connectivity index (χ0v) is 28.1. The molecule has 1 aliphatic rings. The maximum absolute atomic E-state index is 13.9. The third-order valence-electron chi connectivity index (χ3n) is 8.46. The van der Waals surface area contributed by atoms with Crippen LogP contribution in [0.2, 0.25) is 0 Å². The van der Waals surface area contributed by atoms with Crippen molar-refractivity contribution in [3.05, 3.63) is 58.9 Å². The molecule has 2 amide bonds. The maximum Gasteiger partial charge on any atom is 0.412 e. The second-order valence-corrected chi connectivity index (χ2v) is 12.1. The number of aryl methyl sites for hydroxylation is 1. The van der Waals surface area contributed by atoms with Crippen LogP contribution >= 0.6 is 0 Å². The van der Waals surface area contributed by atoms with E-state index >= 15 is 0 Å². The summed E-state index contributed by atoms with van der Waals surface area (Å²) in [5.74, 6) is 0.227. The van der Waals surface area contributed by atoms with E-state index in [1.807, 2.05) is 49.9 Å². The SMILES string of the molecule is CCCCCCOC(=O)NC(=N)c1ccc(NCc2nc3c(C)c([C@@](C)(NCC(=O)OCCC)C(=O)N4CCCC4)ccc3[nH]2)cc1. The fourth-order valence-corrected chi connectivity index (χ4v) is 5.77. The molecular formula is C35H49N7O5. The Labute approximate surface area is 276 Å². The fourth-order valence-electron chi connectivity index (χ4n) is 5.77. The lowest BCUT2D eigenvalue weighted by atomic mass is 9.86. The quantitative estimate of drug-likeness (QED) is 0.0590. The molecule has 0 bridgehead atoms. The van der Waals surface area contributed by atoms with Crippen molar-refractivity contribution in [2.75, 3.05) is 38.2 Å². The third-order valence-corrected chi connectivity index (χ3v) is 8.46. The number of carbonyl (C=O) groups is 3. The Morgan fingerprint density at radius 1 is 0.979 bits per heavy atom. The highest BCUT2D eigenvalue weighted by molar-refractivity contribution is 6.04. The molecule has 1 aliphatic heterocycles. The molecule has 0 unspecified atom stereocenters. The molecule has 1 aromatic heterocycles. The number of fused-ring (bicyclic) bond motifs is 1. The van der Waals surface area contributed by atoms with Gasteiger partial charge in [0.25, 0.3) is 0 Å². The average molecular weight is 648 g/mol. The van der Waals surface area contributed by atoms with E-state index in [1.54, 1.807) is 12.1 Å². The van der Waals surface area contributed by atoms with Crippen LogP contribution in [0.1, 0.15) is 88.2 Å². The minimum Gasteiger partial charge on any atom is -0.465 e. The number of benzene rings is 2. The van der Waals surface area contributed by atoms with Gasteiger partial charge in [-0.3, -0.25) is 25.6 Å². The maximum atomic E-state index is 13.9. The smallest absolute Gasteiger partial charge is 0.412 e. The van der Waals surface area contributed by atoms with Gasteiger partial charge in [0, 0.05) is 24.3 Å². The first-order chi connectivity index (χ1) is 22.7. The topological polar surface area (TPSA) is 162 Å². The molecule has 12 nitrogen and oxygen atoms in total. The van der Waals surface area contributed by atoms with E-state index < -0.39 is 17.6 Å². The van der Waals surface area contributed by atoms with Crippen molar-refractivity contribution < 1.29 is 23.9 Å². The van der Waals surface area contributed by atoms with Gasteiger partial charge in [-0.25, -0.2) is 9.78 Å². The fraction of sp³-hybridized carbons (Fsp3) is 0.514. The first kappa shape index (κ1) is 35.4. The number of nitrogens with one attached hydrogen (secondary N) is 5. The summed E-state index contributed by atoms with van der Waals surface area (Å²) in [4.78, 5) is 48.4. The second kappa shape index (κ2) is 16.9. The van der Waals surface area contributed by atoms with Gasteiger partial charge in [-0.05, 0) is 81.0 Å². The van der Waals surface area contributed by atoms with Crippen molar-refractivity contribution >= 4 is 40.5 Å². The van der Waals surface area contributed by atoms with Gasteiger partial charge in [0.2, 0.25) is 5.91 Å². The van der Waals surface area contributed by atoms with E-state index in [0.29, 0.717) is 44.2 Å². The van der Waals surface area contributed by atoms with Crippen molar-refractivity contribution in [1.82, 2.24) is 25.5 Å². The summed E-state index contributed by atoms with van der Waals surface area (Å²) in [6, 6.07) is 11.0. The number of anilines is 1. The van der Waals surface area contributed by atoms with Crippen LogP contribution in [0.4, 0.5) is 10.5 Å². The molecule has 3 aromatic rings. The third kappa shape index (κ3) is 9.31. The van der Waals surface area contributed by atoms with Crippen LogP contribution in [0.15, 0.2) is 36.4 Å². The predicted molar refractivity (Wildman–Crippen MR) is 182 cm³/mol. The Hall–Kier alpha value is -4.45. The number of aromatic nitrogens is 2. The summed E-state index contributed by atoms with van der Waals surface area (Å²) in [7, 11) is 0. The molecule has 1 atom stereocenters. The number of carbonyl (C=O) groups excluding carboxylic acids is 3. The molecule has 0 radical (unpaired) electrons. The molecule has 1 saturated heterocycles. The first-order valence-corrected chi connectivity index (χ1v) is 16.7. The predicted octanol–water partition coefficient (Wildman–Crippen LogP) is 5.50. The number of unbranched alkanes of at least 4 members (excludes halogenated alkanes) is 3. The number of aromatic amines is 1. The van der Waals surface area contributed by atoms with Crippen molar-refractivity contribution in [1.29, 1.82) is 5.41 Å². The van der Waals surface area contributed by atoms with E-state index in [9.17, 15) is 14.4 Å². The number of amidine groups is 1. The lowest BCUT2D eigenvalue weighted by Gasteiger charge is -2.35. The van der Waals surface area contributed by atoms with Crippen LogP contribution in [0.25, 0.3) is 11.0 Å². The number of esters is 1.